The zero-order chi connectivity index (χ0) is 7.86. The van der Waals surface area contributed by atoms with E-state index in [1.165, 1.54) is 0 Å². The fourth-order valence-corrected chi connectivity index (χ4v) is 0.667. The summed E-state index contributed by atoms with van der Waals surface area (Å²) < 4.78 is 0. The van der Waals surface area contributed by atoms with Gasteiger partial charge in [0, 0.05) is 12.1 Å². The molecule has 0 aromatic rings. The first-order chi connectivity index (χ1) is 4.13. The highest BCUT2D eigenvalue weighted by Crippen LogP contribution is 1.80. The third-order valence-corrected chi connectivity index (χ3v) is 0.667. The summed E-state index contributed by atoms with van der Waals surface area (Å²) in [5, 5.41) is 3.31. The first-order valence-electron chi connectivity index (χ1n) is 3.26. The minimum absolute atomic E-state index is 0.625. The van der Waals surface area contributed by atoms with E-state index in [-0.39, 0.29) is 0 Å². The molecule has 0 atom stereocenters. The van der Waals surface area contributed by atoms with Gasteiger partial charge in [-0.3, -0.25) is 10.0 Å². The molecule has 0 aliphatic carbocycles. The fourth-order valence-electron chi connectivity index (χ4n) is 0.667. The van der Waals surface area contributed by atoms with Crippen LogP contribution in [0.15, 0.2) is 0 Å². The lowest BCUT2D eigenvalue weighted by Crippen LogP contribution is -2.29. The monoisotopic (exact) mass is 165 g/mol. The van der Waals surface area contributed by atoms with E-state index in [0.717, 1.165) is 15.4 Å². The van der Waals surface area contributed by atoms with Crippen molar-refractivity contribution in [3.05, 3.63) is 0 Å². The molecule has 0 aliphatic heterocycles. The number of hydrogen-bond acceptors (Lipinski definition) is 1. The van der Waals surface area contributed by atoms with E-state index in [9.17, 15) is 0 Å². The summed E-state index contributed by atoms with van der Waals surface area (Å²) in [5.74, 6) is 0. The molecule has 3 heteroatoms. The van der Waals surface area contributed by atoms with Crippen molar-refractivity contribution in [3.8, 4) is 0 Å². The van der Waals surface area contributed by atoms with E-state index in [1.807, 2.05) is 0 Å². The van der Waals surface area contributed by atoms with Crippen LogP contribution in [0.4, 0.5) is 0 Å². The van der Waals surface area contributed by atoms with Gasteiger partial charge in [0.2, 0.25) is 0 Å². The van der Waals surface area contributed by atoms with E-state index in [0.29, 0.717) is 12.1 Å². The van der Waals surface area contributed by atoms with Gasteiger partial charge >= 0.3 is 15.4 Å². The third kappa shape index (κ3) is 17.7. The second-order valence-electron chi connectivity index (χ2n) is 2.48. The zero-order valence-electron chi connectivity index (χ0n) is 7.03. The highest BCUT2D eigenvalue weighted by Gasteiger charge is 1.92. The van der Waals surface area contributed by atoms with Crippen LogP contribution in [0.5, 0.6) is 0 Å². The van der Waals surface area contributed by atoms with Crippen molar-refractivity contribution in [2.75, 3.05) is 0 Å². The van der Waals surface area contributed by atoms with Crippen molar-refractivity contribution in [2.24, 2.45) is 0 Å². The molecule has 1 nitrogen and oxygen atoms in total. The predicted molar refractivity (Wildman–Crippen MR) is 47.8 cm³/mol. The van der Waals surface area contributed by atoms with Crippen LogP contribution in [0.25, 0.3) is 0 Å². The molecule has 0 spiro atoms. The summed E-state index contributed by atoms with van der Waals surface area (Å²) in [6.45, 7) is 8.61. The summed E-state index contributed by atoms with van der Waals surface area (Å²) in [7, 11) is 4.78. The van der Waals surface area contributed by atoms with Crippen LogP contribution >= 0.6 is 10.0 Å². The Morgan fingerprint density at radius 3 is 1.22 bits per heavy atom. The van der Waals surface area contributed by atoms with Crippen LogP contribution in [0.1, 0.15) is 27.7 Å². The molecule has 0 saturated carbocycles. The Labute approximate surface area is 70.8 Å². The first-order valence-corrected chi connectivity index (χ1v) is 6.29. The summed E-state index contributed by atoms with van der Waals surface area (Å²) in [6.07, 6.45) is 0. The number of rotatable bonds is 2. The molecule has 1 N–H and O–H groups in total. The summed E-state index contributed by atoms with van der Waals surface area (Å²) >= 11 is 0.778. The second kappa shape index (κ2) is 8.78. The molecular weight excluding hydrogens is 149 g/mol. The first kappa shape index (κ1) is 12.5. The van der Waals surface area contributed by atoms with E-state index in [2.05, 4.69) is 33.0 Å². The maximum Gasteiger partial charge on any atom is 0.353 e. The van der Waals surface area contributed by atoms with E-state index >= 15 is 0 Å². The highest BCUT2D eigenvalue weighted by molar-refractivity contribution is 6.80. The van der Waals surface area contributed by atoms with E-state index in [1.54, 1.807) is 0 Å². The molecule has 0 bridgehead atoms. The molecule has 0 rings (SSSR count). The van der Waals surface area contributed by atoms with Crippen molar-refractivity contribution in [1.29, 1.82) is 0 Å². The van der Waals surface area contributed by atoms with Crippen molar-refractivity contribution in [2.45, 2.75) is 39.8 Å². The molecule has 56 valence electrons. The van der Waals surface area contributed by atoms with E-state index in [4.69, 9.17) is 10.0 Å². The zero-order valence-corrected chi connectivity index (χ0v) is 9.79. The van der Waals surface area contributed by atoms with Gasteiger partial charge in [-0.05, 0) is 0 Å². The van der Waals surface area contributed by atoms with Gasteiger partial charge in [0.1, 0.15) is 0 Å². The molecule has 0 fully saturated rings. The minimum atomic E-state index is 0.625. The van der Waals surface area contributed by atoms with Crippen molar-refractivity contribution < 1.29 is 0 Å². The van der Waals surface area contributed by atoms with Crippen LogP contribution < -0.4 is 5.32 Å². The Hall–Kier alpha value is 0.782. The molecule has 0 unspecified atom stereocenters. The van der Waals surface area contributed by atoms with Crippen molar-refractivity contribution in [3.63, 3.8) is 0 Å². The average Bonchev–Trinajstić information content (AvgIpc) is 1.68. The van der Waals surface area contributed by atoms with Gasteiger partial charge in [-0.2, -0.15) is 0 Å². The molecule has 0 aliphatic rings. The van der Waals surface area contributed by atoms with Gasteiger partial charge < -0.3 is 5.32 Å². The fraction of sp³-hybridized carbons (Fsp3) is 1.00. The Morgan fingerprint density at radius 2 is 1.22 bits per heavy atom. The number of nitrogens with one attached hydrogen (secondary N) is 1. The maximum atomic E-state index is 4.78. The Bertz CT molecular complexity index is 42.3. The average molecular weight is 166 g/mol. The highest BCUT2D eigenvalue weighted by atomic mass is 35.6. The van der Waals surface area contributed by atoms with Gasteiger partial charge in [-0.15, -0.1) is 0 Å². The lowest BCUT2D eigenvalue weighted by Gasteiger charge is -2.10. The molecule has 0 saturated heterocycles. The largest absolute Gasteiger partial charge is 0.353 e. The number of halogens is 1. The van der Waals surface area contributed by atoms with Crippen LogP contribution in [0.3, 0.4) is 0 Å². The Kier molecular flexibility index (Phi) is 12.2. The molecule has 0 aromatic carbocycles. The van der Waals surface area contributed by atoms with Crippen LogP contribution in [-0.4, -0.2) is 27.5 Å². The lowest BCUT2D eigenvalue weighted by atomic mass is 10.3. The third-order valence-electron chi connectivity index (χ3n) is 0.667. The van der Waals surface area contributed by atoms with Gasteiger partial charge in [0.25, 0.3) is 0 Å². The maximum absolute atomic E-state index is 4.78. The molecule has 0 amide bonds. The normalized spacial score (nSPS) is 9.22. The molecular formula is C6H17AlClN. The summed E-state index contributed by atoms with van der Waals surface area (Å²) in [4.78, 5) is 0. The van der Waals surface area contributed by atoms with Crippen molar-refractivity contribution in [1.82, 2.24) is 5.32 Å². The topological polar surface area (TPSA) is 12.0 Å². The standard InChI is InChI=1S/C6H15N.Al.ClH.2H/c1-5(2)7-6(3)4;;;;/h5-7H,1-4H3;;1H;;/q;+1;;;/p-1. The Balaban J connectivity index is 0. The van der Waals surface area contributed by atoms with E-state index < -0.39 is 0 Å². The summed E-state index contributed by atoms with van der Waals surface area (Å²) in [6, 6.07) is 1.25. The van der Waals surface area contributed by atoms with Gasteiger partial charge in [-0.25, -0.2) is 0 Å². The van der Waals surface area contributed by atoms with Crippen LogP contribution in [0, 0.1) is 0 Å². The lowest BCUT2D eigenvalue weighted by molar-refractivity contribution is 0.518. The van der Waals surface area contributed by atoms with Crippen LogP contribution in [0.2, 0.25) is 0 Å². The smallest absolute Gasteiger partial charge is 0.312 e. The van der Waals surface area contributed by atoms with Gasteiger partial charge in [-0.1, -0.05) is 27.7 Å². The molecule has 0 aromatic heterocycles. The van der Waals surface area contributed by atoms with Gasteiger partial charge in [0.15, 0.2) is 0 Å². The summed E-state index contributed by atoms with van der Waals surface area (Å²) in [5.41, 5.74) is 0. The van der Waals surface area contributed by atoms with Gasteiger partial charge in [0.05, 0.1) is 0 Å². The minimum Gasteiger partial charge on any atom is -0.312 e. The second-order valence-corrected chi connectivity index (χ2v) is 2.48. The molecule has 9 heavy (non-hydrogen) atoms. The SMILES string of the molecule is CC(C)NC(C)C.[AlH2][Cl]. The van der Waals surface area contributed by atoms with Crippen molar-refractivity contribution >= 4 is 25.4 Å². The van der Waals surface area contributed by atoms with Crippen LogP contribution in [-0.2, 0) is 0 Å². The predicted octanol–water partition coefficient (Wildman–Crippen LogP) is 1.17. The number of hydrogen-bond donors (Lipinski definition) is 1. The Morgan fingerprint density at radius 1 is 1.00 bits per heavy atom. The quantitative estimate of drug-likeness (QED) is 0.606. The molecule has 0 heterocycles. The molecule has 0 radical (unpaired) electrons.